The number of anilines is 1. The molecule has 1 heterocycles. The lowest BCUT2D eigenvalue weighted by Crippen LogP contribution is -2.26. The van der Waals surface area contributed by atoms with E-state index >= 15 is 0 Å². The van der Waals surface area contributed by atoms with Crippen molar-refractivity contribution in [2.45, 2.75) is 50.5 Å². The highest BCUT2D eigenvalue weighted by Crippen LogP contribution is 2.42. The topological polar surface area (TPSA) is 52.9 Å². The van der Waals surface area contributed by atoms with E-state index in [0.29, 0.717) is 17.6 Å². The molecule has 4 heteroatoms. The van der Waals surface area contributed by atoms with Gasteiger partial charge in [0.2, 0.25) is 0 Å². The fourth-order valence-corrected chi connectivity index (χ4v) is 3.06. The second-order valence-electron chi connectivity index (χ2n) is 5.18. The van der Waals surface area contributed by atoms with Gasteiger partial charge in [-0.3, -0.25) is 9.48 Å². The summed E-state index contributed by atoms with van der Waals surface area (Å²) in [4.78, 5) is 12.1. The van der Waals surface area contributed by atoms with Crippen LogP contribution in [0.25, 0.3) is 0 Å². The first kappa shape index (κ1) is 10.00. The molecule has 3 rings (SSSR count). The van der Waals surface area contributed by atoms with Crippen LogP contribution in [0.3, 0.4) is 0 Å². The average Bonchev–Trinajstić information content (AvgIpc) is 2.88. The number of nitrogen functional groups attached to an aromatic ring is 1. The number of hydrogen-bond donors (Lipinski definition) is 1. The van der Waals surface area contributed by atoms with Crippen molar-refractivity contribution in [1.82, 2.24) is 9.36 Å². The Morgan fingerprint density at radius 2 is 1.81 bits per heavy atom. The minimum atomic E-state index is 0.0382. The van der Waals surface area contributed by atoms with Gasteiger partial charge in [-0.25, -0.2) is 4.68 Å². The van der Waals surface area contributed by atoms with Crippen molar-refractivity contribution < 1.29 is 0 Å². The maximum Gasteiger partial charge on any atom is 0.290 e. The molecule has 0 atom stereocenters. The monoisotopic (exact) mass is 221 g/mol. The summed E-state index contributed by atoms with van der Waals surface area (Å²) in [6, 6.07) is 0.382. The Morgan fingerprint density at radius 1 is 1.19 bits per heavy atom. The summed E-state index contributed by atoms with van der Waals surface area (Å²) in [5.74, 6) is 0.542. The molecule has 4 nitrogen and oxygen atoms in total. The molecule has 0 amide bonds. The predicted octanol–water partition coefficient (Wildman–Crippen LogP) is 1.76. The van der Waals surface area contributed by atoms with E-state index in [0.717, 1.165) is 18.5 Å². The van der Waals surface area contributed by atoms with E-state index in [-0.39, 0.29) is 5.56 Å². The SMILES string of the molecule is Cn1c(C2CC2)c(N)c(=O)n1C1CCCC1. The zero-order chi connectivity index (χ0) is 11.3. The Morgan fingerprint density at radius 3 is 2.38 bits per heavy atom. The molecule has 2 saturated carbocycles. The first-order valence-electron chi connectivity index (χ1n) is 6.27. The molecular weight excluding hydrogens is 202 g/mol. The lowest BCUT2D eigenvalue weighted by Gasteiger charge is -2.15. The van der Waals surface area contributed by atoms with Crippen LogP contribution >= 0.6 is 0 Å². The molecule has 2 aliphatic rings. The van der Waals surface area contributed by atoms with Crippen LogP contribution < -0.4 is 11.3 Å². The molecule has 0 spiro atoms. The van der Waals surface area contributed by atoms with Crippen LogP contribution in [0.15, 0.2) is 4.79 Å². The van der Waals surface area contributed by atoms with Gasteiger partial charge in [0.15, 0.2) is 0 Å². The van der Waals surface area contributed by atoms with Crippen LogP contribution in [0, 0.1) is 0 Å². The normalized spacial score (nSPS) is 21.8. The van der Waals surface area contributed by atoms with Gasteiger partial charge in [0, 0.05) is 13.0 Å². The standard InChI is InChI=1S/C12H19N3O/c1-14-11(8-6-7-8)10(13)12(16)15(14)9-4-2-3-5-9/h8-9H,2-7,13H2,1H3. The number of hydrogen-bond acceptors (Lipinski definition) is 2. The fourth-order valence-electron chi connectivity index (χ4n) is 3.06. The Hall–Kier alpha value is -1.19. The second kappa shape index (κ2) is 3.40. The van der Waals surface area contributed by atoms with Crippen molar-refractivity contribution in [3.63, 3.8) is 0 Å². The number of rotatable bonds is 2. The Bertz CT molecular complexity index is 461. The molecule has 0 aliphatic heterocycles. The third-order valence-electron chi connectivity index (χ3n) is 4.02. The fraction of sp³-hybridized carbons (Fsp3) is 0.750. The van der Waals surface area contributed by atoms with Crippen molar-refractivity contribution in [2.24, 2.45) is 7.05 Å². The van der Waals surface area contributed by atoms with Gasteiger partial charge >= 0.3 is 0 Å². The molecule has 0 saturated heterocycles. The second-order valence-corrected chi connectivity index (χ2v) is 5.18. The van der Waals surface area contributed by atoms with Gasteiger partial charge in [-0.2, -0.15) is 0 Å². The zero-order valence-corrected chi connectivity index (χ0v) is 9.78. The summed E-state index contributed by atoms with van der Waals surface area (Å²) in [6.45, 7) is 0. The largest absolute Gasteiger partial charge is 0.393 e. The predicted molar refractivity (Wildman–Crippen MR) is 63.6 cm³/mol. The Balaban J connectivity index is 2.09. The van der Waals surface area contributed by atoms with E-state index in [1.165, 1.54) is 25.7 Å². The van der Waals surface area contributed by atoms with Crippen molar-refractivity contribution >= 4 is 5.69 Å². The third-order valence-corrected chi connectivity index (χ3v) is 4.02. The summed E-state index contributed by atoms with van der Waals surface area (Å²) in [5.41, 5.74) is 7.57. The zero-order valence-electron chi connectivity index (χ0n) is 9.78. The quantitative estimate of drug-likeness (QED) is 0.827. The van der Waals surface area contributed by atoms with Gasteiger partial charge in [0.1, 0.15) is 5.69 Å². The summed E-state index contributed by atoms with van der Waals surface area (Å²) in [7, 11) is 1.99. The van der Waals surface area contributed by atoms with Crippen molar-refractivity contribution in [2.75, 3.05) is 5.73 Å². The van der Waals surface area contributed by atoms with E-state index in [4.69, 9.17) is 5.73 Å². The third kappa shape index (κ3) is 1.32. The minimum Gasteiger partial charge on any atom is -0.393 e. The molecule has 2 fully saturated rings. The summed E-state index contributed by atoms with van der Waals surface area (Å²) >= 11 is 0. The lowest BCUT2D eigenvalue weighted by atomic mass is 10.2. The van der Waals surface area contributed by atoms with Gasteiger partial charge in [0.05, 0.1) is 11.7 Å². The maximum absolute atomic E-state index is 12.1. The minimum absolute atomic E-state index is 0.0382. The van der Waals surface area contributed by atoms with Gasteiger partial charge in [-0.1, -0.05) is 12.8 Å². The lowest BCUT2D eigenvalue weighted by molar-refractivity contribution is 0.387. The molecule has 16 heavy (non-hydrogen) atoms. The number of nitrogens with zero attached hydrogens (tertiary/aromatic N) is 2. The van der Waals surface area contributed by atoms with Gasteiger partial charge in [-0.05, 0) is 25.7 Å². The first-order valence-corrected chi connectivity index (χ1v) is 6.27. The maximum atomic E-state index is 12.1. The molecule has 2 aliphatic carbocycles. The van der Waals surface area contributed by atoms with Crippen LogP contribution in [0.5, 0.6) is 0 Å². The highest BCUT2D eigenvalue weighted by molar-refractivity contribution is 5.45. The molecule has 1 aromatic heterocycles. The molecule has 2 N–H and O–H groups in total. The summed E-state index contributed by atoms with van der Waals surface area (Å²) in [6.07, 6.45) is 7.10. The molecule has 0 radical (unpaired) electrons. The molecule has 0 aromatic carbocycles. The summed E-state index contributed by atoms with van der Waals surface area (Å²) in [5, 5.41) is 0. The number of nitrogens with two attached hydrogens (primary N) is 1. The van der Waals surface area contributed by atoms with Gasteiger partial charge < -0.3 is 5.73 Å². The van der Waals surface area contributed by atoms with Crippen molar-refractivity contribution in [3.8, 4) is 0 Å². The molecule has 0 unspecified atom stereocenters. The van der Waals surface area contributed by atoms with Crippen molar-refractivity contribution in [3.05, 3.63) is 16.0 Å². The molecule has 1 aromatic rings. The van der Waals surface area contributed by atoms with Crippen LogP contribution in [0.1, 0.15) is 56.2 Å². The van der Waals surface area contributed by atoms with E-state index in [2.05, 4.69) is 0 Å². The van der Waals surface area contributed by atoms with Crippen LogP contribution in [-0.2, 0) is 7.05 Å². The first-order chi connectivity index (χ1) is 7.70. The van der Waals surface area contributed by atoms with E-state index in [1.807, 2.05) is 16.4 Å². The van der Waals surface area contributed by atoms with E-state index in [9.17, 15) is 4.79 Å². The van der Waals surface area contributed by atoms with E-state index < -0.39 is 0 Å². The molecule has 88 valence electrons. The highest BCUT2D eigenvalue weighted by atomic mass is 16.1. The summed E-state index contributed by atoms with van der Waals surface area (Å²) < 4.78 is 3.93. The number of aromatic nitrogens is 2. The van der Waals surface area contributed by atoms with Gasteiger partial charge in [-0.15, -0.1) is 0 Å². The molecular formula is C12H19N3O. The average molecular weight is 221 g/mol. The van der Waals surface area contributed by atoms with E-state index in [1.54, 1.807) is 0 Å². The van der Waals surface area contributed by atoms with Crippen LogP contribution in [0.2, 0.25) is 0 Å². The Labute approximate surface area is 95.0 Å². The van der Waals surface area contributed by atoms with Crippen LogP contribution in [-0.4, -0.2) is 9.36 Å². The Kier molecular flexibility index (Phi) is 2.13. The van der Waals surface area contributed by atoms with Crippen LogP contribution in [0.4, 0.5) is 5.69 Å². The van der Waals surface area contributed by atoms with Crippen molar-refractivity contribution in [1.29, 1.82) is 0 Å². The van der Waals surface area contributed by atoms with Gasteiger partial charge in [0.25, 0.3) is 5.56 Å². The smallest absolute Gasteiger partial charge is 0.290 e. The highest BCUT2D eigenvalue weighted by Gasteiger charge is 2.33. The molecule has 0 bridgehead atoms.